The Bertz CT molecular complexity index is 1350. The Morgan fingerprint density at radius 2 is 1.95 bits per heavy atom. The Morgan fingerprint density at radius 3 is 2.68 bits per heavy atom. The first-order valence-corrected chi connectivity index (χ1v) is 13.3. The number of ketones is 1. The highest BCUT2D eigenvalue weighted by Gasteiger charge is 2.63. The summed E-state index contributed by atoms with van der Waals surface area (Å²) in [6, 6.07) is 14.4. The van der Waals surface area contributed by atoms with Crippen LogP contribution >= 0.6 is 0 Å². The zero-order valence-electron chi connectivity index (χ0n) is 21.8. The Labute approximate surface area is 219 Å². The number of aliphatic hydroxyl groups is 1. The van der Waals surface area contributed by atoms with Crippen LogP contribution in [-0.2, 0) is 9.53 Å². The van der Waals surface area contributed by atoms with Crippen molar-refractivity contribution in [3.8, 4) is 11.8 Å². The van der Waals surface area contributed by atoms with Gasteiger partial charge in [-0.3, -0.25) is 4.79 Å². The Hall–Kier alpha value is -3.20. The lowest BCUT2D eigenvalue weighted by atomic mass is 9.55. The third-order valence-corrected chi connectivity index (χ3v) is 9.24. The Kier molecular flexibility index (Phi) is 5.86. The van der Waals surface area contributed by atoms with Crippen molar-refractivity contribution in [1.82, 2.24) is 4.98 Å². The van der Waals surface area contributed by atoms with Gasteiger partial charge in [0.05, 0.1) is 12.7 Å². The molecule has 0 unspecified atom stereocenters. The van der Waals surface area contributed by atoms with Crippen molar-refractivity contribution in [2.75, 3.05) is 25.6 Å². The van der Waals surface area contributed by atoms with Gasteiger partial charge in [0.15, 0.2) is 5.78 Å². The molecule has 4 aliphatic rings. The summed E-state index contributed by atoms with van der Waals surface area (Å²) in [5.41, 5.74) is 5.17. The van der Waals surface area contributed by atoms with Gasteiger partial charge in [0.25, 0.3) is 0 Å². The summed E-state index contributed by atoms with van der Waals surface area (Å²) in [4.78, 5) is 18.7. The molecule has 3 aliphatic carbocycles. The van der Waals surface area contributed by atoms with Crippen LogP contribution in [0, 0.1) is 23.2 Å². The average molecular weight is 495 g/mol. The van der Waals surface area contributed by atoms with Crippen LogP contribution in [0.5, 0.6) is 0 Å². The molecule has 190 valence electrons. The van der Waals surface area contributed by atoms with Gasteiger partial charge >= 0.3 is 0 Å². The number of ether oxygens (including phenoxy) is 1. The van der Waals surface area contributed by atoms with E-state index in [1.165, 1.54) is 16.7 Å². The topological polar surface area (TPSA) is 62.7 Å². The molecule has 2 saturated carbocycles. The molecule has 5 atom stereocenters. The molecule has 1 aromatic carbocycles. The fraction of sp³-hybridized carbons (Fsp3) is 0.438. The van der Waals surface area contributed by atoms with E-state index in [9.17, 15) is 9.90 Å². The maximum Gasteiger partial charge on any atom is 0.156 e. The lowest BCUT2D eigenvalue weighted by molar-refractivity contribution is -0.115. The average Bonchev–Trinajstić information content (AvgIpc) is 3.17. The number of rotatable bonds is 2. The molecule has 0 radical (unpaired) electrons. The smallest absolute Gasteiger partial charge is 0.156 e. The van der Waals surface area contributed by atoms with Gasteiger partial charge in [-0.15, -0.1) is 0 Å². The van der Waals surface area contributed by atoms with E-state index < -0.39 is 11.0 Å². The van der Waals surface area contributed by atoms with Crippen LogP contribution in [0.15, 0.2) is 71.5 Å². The minimum atomic E-state index is -1.13. The molecule has 1 aromatic heterocycles. The van der Waals surface area contributed by atoms with Gasteiger partial charge in [-0.05, 0) is 90.1 Å². The summed E-state index contributed by atoms with van der Waals surface area (Å²) in [5, 5.41) is 12.1. The highest BCUT2D eigenvalue weighted by molar-refractivity contribution is 5.93. The maximum atomic E-state index is 12.2. The number of hydrogen-bond acceptors (Lipinski definition) is 5. The lowest BCUT2D eigenvalue weighted by Crippen LogP contribution is -2.53. The summed E-state index contributed by atoms with van der Waals surface area (Å²) < 4.78 is 6.59. The summed E-state index contributed by atoms with van der Waals surface area (Å²) in [5.74, 6) is 6.89. The van der Waals surface area contributed by atoms with Gasteiger partial charge < -0.3 is 14.7 Å². The number of anilines is 1. The van der Waals surface area contributed by atoms with E-state index in [2.05, 4.69) is 52.9 Å². The minimum Gasteiger partial charge on any atom is -0.378 e. The number of carbonyl (C=O) groups is 1. The molecule has 5 nitrogen and oxygen atoms in total. The van der Waals surface area contributed by atoms with Gasteiger partial charge in [0, 0.05) is 43.7 Å². The number of benzene rings is 1. The summed E-state index contributed by atoms with van der Waals surface area (Å²) in [6.07, 6.45) is 7.04. The van der Waals surface area contributed by atoms with Gasteiger partial charge in [-0.1, -0.05) is 31.0 Å². The van der Waals surface area contributed by atoms with E-state index in [-0.39, 0.29) is 23.7 Å². The standard InChI is InChI=1S/C32H34N2O3/c1-31-19-27(21-7-9-24(10-8-21)34(2)3)29-26-12-11-25(35)18-22(26)20-37-30(29)28(31)14-16-32(31,36)15-13-23-6-4-5-17-33-23/h4-10,17-18,27-28,30,36H,11-12,14,16,19-20H2,1-3H3/t27-,28+,30+,31+,32+/m1/s1. The molecule has 1 aliphatic heterocycles. The molecule has 0 amide bonds. The van der Waals surface area contributed by atoms with E-state index in [1.807, 2.05) is 32.3 Å². The Balaban J connectivity index is 1.46. The summed E-state index contributed by atoms with van der Waals surface area (Å²) in [7, 11) is 4.09. The van der Waals surface area contributed by atoms with E-state index >= 15 is 0 Å². The van der Waals surface area contributed by atoms with Crippen molar-refractivity contribution < 1.29 is 14.6 Å². The van der Waals surface area contributed by atoms with Crippen molar-refractivity contribution in [3.05, 3.63) is 82.7 Å². The number of allylic oxidation sites excluding steroid dienone is 1. The summed E-state index contributed by atoms with van der Waals surface area (Å²) >= 11 is 0. The Morgan fingerprint density at radius 1 is 1.14 bits per heavy atom. The molecular formula is C32H34N2O3. The van der Waals surface area contributed by atoms with E-state index in [0.717, 1.165) is 30.5 Å². The molecule has 6 rings (SSSR count). The number of fused-ring (bicyclic) bond motifs is 4. The molecule has 0 saturated heterocycles. The second-order valence-corrected chi connectivity index (χ2v) is 11.4. The van der Waals surface area contributed by atoms with Crippen LogP contribution < -0.4 is 4.90 Å². The van der Waals surface area contributed by atoms with E-state index in [4.69, 9.17) is 4.74 Å². The molecule has 37 heavy (non-hydrogen) atoms. The number of carbonyl (C=O) groups excluding carboxylic acids is 1. The quantitative estimate of drug-likeness (QED) is 0.607. The van der Waals surface area contributed by atoms with Crippen LogP contribution in [0.2, 0.25) is 0 Å². The van der Waals surface area contributed by atoms with E-state index in [0.29, 0.717) is 25.1 Å². The molecule has 5 heteroatoms. The lowest BCUT2D eigenvalue weighted by Gasteiger charge is -2.53. The van der Waals surface area contributed by atoms with Crippen molar-refractivity contribution in [2.45, 2.75) is 56.7 Å². The number of hydrogen-bond donors (Lipinski definition) is 1. The normalized spacial score (nSPS) is 32.5. The second kappa shape index (κ2) is 8.97. The fourth-order valence-corrected chi connectivity index (χ4v) is 7.13. The van der Waals surface area contributed by atoms with Gasteiger partial charge in [-0.2, -0.15) is 0 Å². The first-order valence-electron chi connectivity index (χ1n) is 13.3. The van der Waals surface area contributed by atoms with Gasteiger partial charge in [0.1, 0.15) is 11.3 Å². The third kappa shape index (κ3) is 3.95. The molecular weight excluding hydrogens is 460 g/mol. The minimum absolute atomic E-state index is 0.0803. The predicted octanol–water partition coefficient (Wildman–Crippen LogP) is 4.82. The van der Waals surface area contributed by atoms with Crippen LogP contribution in [-0.4, -0.2) is 48.3 Å². The molecule has 0 bridgehead atoms. The zero-order valence-corrected chi connectivity index (χ0v) is 21.8. The predicted molar refractivity (Wildman–Crippen MR) is 144 cm³/mol. The van der Waals surface area contributed by atoms with Gasteiger partial charge in [-0.25, -0.2) is 4.98 Å². The monoisotopic (exact) mass is 494 g/mol. The number of pyridine rings is 1. The number of nitrogens with zero attached hydrogens (tertiary/aromatic N) is 2. The highest BCUT2D eigenvalue weighted by atomic mass is 16.5. The van der Waals surface area contributed by atoms with Crippen molar-refractivity contribution >= 4 is 11.5 Å². The highest BCUT2D eigenvalue weighted by Crippen LogP contribution is 2.64. The van der Waals surface area contributed by atoms with Crippen LogP contribution in [0.4, 0.5) is 5.69 Å². The van der Waals surface area contributed by atoms with Crippen molar-refractivity contribution in [2.24, 2.45) is 11.3 Å². The number of aromatic nitrogens is 1. The largest absolute Gasteiger partial charge is 0.378 e. The van der Waals surface area contributed by atoms with Crippen LogP contribution in [0.25, 0.3) is 0 Å². The zero-order chi connectivity index (χ0) is 25.8. The third-order valence-electron chi connectivity index (χ3n) is 9.24. The SMILES string of the molecule is CN(C)c1ccc([C@H]2C[C@@]3(C)[C@@H](CC[C@@]3(O)C#Cc3ccccn3)[C@@H]3OCC4=CC(=O)CCC4=C32)cc1. The first kappa shape index (κ1) is 24.2. The maximum absolute atomic E-state index is 12.2. The molecule has 2 fully saturated rings. The van der Waals surface area contributed by atoms with Crippen LogP contribution in [0.1, 0.15) is 56.2 Å². The van der Waals surface area contributed by atoms with Crippen molar-refractivity contribution in [3.63, 3.8) is 0 Å². The second-order valence-electron chi connectivity index (χ2n) is 11.4. The first-order chi connectivity index (χ1) is 17.8. The molecule has 1 N–H and O–H groups in total. The molecule has 0 spiro atoms. The fourth-order valence-electron chi connectivity index (χ4n) is 7.13. The van der Waals surface area contributed by atoms with Crippen LogP contribution in [0.3, 0.4) is 0 Å². The van der Waals surface area contributed by atoms with Crippen molar-refractivity contribution in [1.29, 1.82) is 0 Å². The van der Waals surface area contributed by atoms with Gasteiger partial charge in [0.2, 0.25) is 0 Å². The molecule has 2 heterocycles. The summed E-state index contributed by atoms with van der Waals surface area (Å²) in [6.45, 7) is 2.67. The van der Waals surface area contributed by atoms with E-state index in [1.54, 1.807) is 12.3 Å². The molecule has 2 aromatic rings.